The van der Waals surface area contributed by atoms with Gasteiger partial charge in [-0.25, -0.2) is 23.9 Å². The third kappa shape index (κ3) is 5.49. The van der Waals surface area contributed by atoms with Crippen molar-refractivity contribution in [3.05, 3.63) is 42.5 Å². The topological polar surface area (TPSA) is 159 Å². The minimum atomic E-state index is -4.23. The molecule has 3 aromatic rings. The number of ether oxygens (including phenoxy) is 2. The van der Waals surface area contributed by atoms with Crippen LogP contribution in [0, 0.1) is 6.92 Å². The standard InChI is InChI=1S/C23H30FN6O7P/c1-13(21(32)34-5)29-38(33,37-15-9-7-6-8-10-15)35-11-16-18(31)23(3,24)22(36-16)30-12-26-17-19(25-4)27-14(2)28-20(17)30/h6-10,12-13,16,18,22,31H,11H2,1-5H3,(H,29,33)(H,25,27,28)/t13-,16+,18+,22+,23+,38?/m0/s1. The Hall–Kier alpha value is -3.16. The van der Waals surface area contributed by atoms with Crippen LogP contribution in [0.2, 0.25) is 0 Å². The zero-order chi connectivity index (χ0) is 27.7. The van der Waals surface area contributed by atoms with Gasteiger partial charge in [0.25, 0.3) is 0 Å². The third-order valence-corrected chi connectivity index (χ3v) is 7.67. The number of aliphatic hydroxyl groups is 1. The molecular formula is C23H30FN6O7P. The van der Waals surface area contributed by atoms with Crippen LogP contribution in [-0.4, -0.2) is 75.3 Å². The molecule has 1 aliphatic rings. The number of anilines is 1. The van der Waals surface area contributed by atoms with Gasteiger partial charge < -0.3 is 24.4 Å². The van der Waals surface area contributed by atoms with E-state index in [9.17, 15) is 14.5 Å². The number of methoxy groups -OCH3 is 1. The maximum atomic E-state index is 15.9. The van der Waals surface area contributed by atoms with Gasteiger partial charge in [0.1, 0.15) is 29.8 Å². The number of imidazole rings is 1. The van der Waals surface area contributed by atoms with Gasteiger partial charge in [-0.1, -0.05) is 18.2 Å². The Bertz CT molecular complexity index is 1340. The molecule has 0 radical (unpaired) electrons. The molecule has 1 saturated heterocycles. The summed E-state index contributed by atoms with van der Waals surface area (Å²) in [5, 5.41) is 16.2. The molecule has 6 atom stereocenters. The number of halogens is 1. The van der Waals surface area contributed by atoms with E-state index in [1.54, 1.807) is 44.3 Å². The minimum Gasteiger partial charge on any atom is -0.468 e. The number of nitrogens with zero attached hydrogens (tertiary/aromatic N) is 4. The maximum absolute atomic E-state index is 15.9. The number of aromatic nitrogens is 4. The first-order valence-electron chi connectivity index (χ1n) is 11.7. The van der Waals surface area contributed by atoms with Crippen LogP contribution in [0.15, 0.2) is 36.7 Å². The molecule has 0 bridgehead atoms. The molecule has 15 heteroatoms. The Morgan fingerprint density at radius 1 is 1.34 bits per heavy atom. The summed E-state index contributed by atoms with van der Waals surface area (Å²) in [6, 6.07) is 7.08. The first kappa shape index (κ1) is 27.9. The van der Waals surface area contributed by atoms with E-state index in [-0.39, 0.29) is 5.75 Å². The van der Waals surface area contributed by atoms with E-state index >= 15 is 4.39 Å². The smallest absolute Gasteiger partial charge is 0.459 e. The fraction of sp³-hybridized carbons (Fsp3) is 0.478. The number of carbonyl (C=O) groups is 1. The molecule has 2 aromatic heterocycles. The molecule has 3 heterocycles. The van der Waals surface area contributed by atoms with Crippen molar-refractivity contribution in [1.82, 2.24) is 24.6 Å². The summed E-state index contributed by atoms with van der Waals surface area (Å²) in [6.07, 6.45) is -2.94. The highest BCUT2D eigenvalue weighted by molar-refractivity contribution is 7.52. The fourth-order valence-electron chi connectivity index (χ4n) is 4.07. The van der Waals surface area contributed by atoms with Crippen LogP contribution in [0.25, 0.3) is 11.2 Å². The van der Waals surface area contributed by atoms with E-state index < -0.39 is 50.5 Å². The molecule has 0 aliphatic carbocycles. The van der Waals surface area contributed by atoms with Crippen LogP contribution in [0.3, 0.4) is 0 Å². The first-order chi connectivity index (χ1) is 18.0. The highest BCUT2D eigenvalue weighted by Gasteiger charge is 2.56. The lowest BCUT2D eigenvalue weighted by Crippen LogP contribution is -2.41. The number of aryl methyl sites for hydroxylation is 1. The maximum Gasteiger partial charge on any atom is 0.459 e. The predicted molar refractivity (Wildman–Crippen MR) is 134 cm³/mol. The van der Waals surface area contributed by atoms with Gasteiger partial charge in [-0.2, -0.15) is 5.09 Å². The fourth-order valence-corrected chi connectivity index (χ4v) is 5.57. The van der Waals surface area contributed by atoms with Crippen molar-refractivity contribution in [1.29, 1.82) is 0 Å². The molecule has 0 saturated carbocycles. The summed E-state index contributed by atoms with van der Waals surface area (Å²) in [6.45, 7) is 3.74. The van der Waals surface area contributed by atoms with Crippen molar-refractivity contribution >= 4 is 30.7 Å². The van der Waals surface area contributed by atoms with Crippen molar-refractivity contribution in [2.24, 2.45) is 0 Å². The van der Waals surface area contributed by atoms with Crippen molar-refractivity contribution < 1.29 is 37.4 Å². The van der Waals surface area contributed by atoms with Gasteiger partial charge in [-0.05, 0) is 32.9 Å². The lowest BCUT2D eigenvalue weighted by atomic mass is 9.98. The lowest BCUT2D eigenvalue weighted by Gasteiger charge is -2.25. The Balaban J connectivity index is 1.57. The Morgan fingerprint density at radius 2 is 2.05 bits per heavy atom. The zero-order valence-corrected chi connectivity index (χ0v) is 22.4. The summed E-state index contributed by atoms with van der Waals surface area (Å²) in [5.74, 6) is 0.369. The summed E-state index contributed by atoms with van der Waals surface area (Å²) in [7, 11) is -1.38. The Morgan fingerprint density at radius 3 is 2.71 bits per heavy atom. The second kappa shape index (κ2) is 10.9. The highest BCUT2D eigenvalue weighted by Crippen LogP contribution is 2.48. The molecule has 1 aromatic carbocycles. The molecular weight excluding hydrogens is 522 g/mol. The number of alkyl halides is 1. The van der Waals surface area contributed by atoms with E-state index in [0.29, 0.717) is 22.8 Å². The predicted octanol–water partition coefficient (Wildman–Crippen LogP) is 2.52. The summed E-state index contributed by atoms with van der Waals surface area (Å²) in [4.78, 5) is 24.9. The first-order valence-corrected chi connectivity index (χ1v) is 13.3. The van der Waals surface area contributed by atoms with Crippen molar-refractivity contribution in [3.63, 3.8) is 0 Å². The number of carbonyl (C=O) groups excluding carboxylic acids is 1. The number of aliphatic hydroxyl groups excluding tert-OH is 1. The monoisotopic (exact) mass is 552 g/mol. The molecule has 38 heavy (non-hydrogen) atoms. The summed E-state index contributed by atoms with van der Waals surface area (Å²) in [5.41, 5.74) is -1.61. The van der Waals surface area contributed by atoms with E-state index in [1.807, 2.05) is 0 Å². The van der Waals surface area contributed by atoms with Gasteiger partial charge in [-0.3, -0.25) is 13.9 Å². The van der Waals surface area contributed by atoms with Crippen LogP contribution in [0.1, 0.15) is 25.9 Å². The average Bonchev–Trinajstić information content (AvgIpc) is 3.39. The SMILES string of the molecule is CNc1nc(C)nc2c1ncn2[C@@H]1O[C@H](COP(=O)(N[C@@H](C)C(=O)OC)Oc2ccccc2)[C@@H](O)[C@@]1(C)F. The van der Waals surface area contributed by atoms with Gasteiger partial charge in [0.15, 0.2) is 28.9 Å². The van der Waals surface area contributed by atoms with Gasteiger partial charge in [0.2, 0.25) is 0 Å². The van der Waals surface area contributed by atoms with Crippen molar-refractivity contribution in [2.45, 2.75) is 50.9 Å². The highest BCUT2D eigenvalue weighted by atomic mass is 31.2. The second-order valence-electron chi connectivity index (χ2n) is 8.89. The minimum absolute atomic E-state index is 0.196. The quantitative estimate of drug-likeness (QED) is 0.250. The van der Waals surface area contributed by atoms with E-state index in [4.69, 9.17) is 13.8 Å². The normalized spacial score (nSPS) is 25.6. The zero-order valence-electron chi connectivity index (χ0n) is 21.5. The Labute approximate surface area is 218 Å². The largest absolute Gasteiger partial charge is 0.468 e. The Kier molecular flexibility index (Phi) is 8.00. The molecule has 3 N–H and O–H groups in total. The third-order valence-electron chi connectivity index (χ3n) is 6.02. The van der Waals surface area contributed by atoms with Gasteiger partial charge in [-0.15, -0.1) is 0 Å². The number of para-hydroxylation sites is 1. The summed E-state index contributed by atoms with van der Waals surface area (Å²) >= 11 is 0. The van der Waals surface area contributed by atoms with Crippen LogP contribution < -0.4 is 14.9 Å². The number of hydrogen-bond donors (Lipinski definition) is 3. The molecule has 13 nitrogen and oxygen atoms in total. The average molecular weight is 553 g/mol. The second-order valence-corrected chi connectivity index (χ2v) is 10.6. The van der Waals surface area contributed by atoms with Gasteiger partial charge in [0, 0.05) is 7.05 Å². The van der Waals surface area contributed by atoms with Crippen LogP contribution in [0.4, 0.5) is 10.2 Å². The molecule has 206 valence electrons. The number of nitrogens with one attached hydrogen (secondary N) is 2. The van der Waals surface area contributed by atoms with Gasteiger partial charge >= 0.3 is 13.7 Å². The van der Waals surface area contributed by atoms with Crippen molar-refractivity contribution in [3.8, 4) is 5.75 Å². The number of benzene rings is 1. The molecule has 1 unspecified atom stereocenters. The van der Waals surface area contributed by atoms with Gasteiger partial charge in [0.05, 0.1) is 20.0 Å². The van der Waals surface area contributed by atoms with E-state index in [2.05, 4.69) is 30.1 Å². The van der Waals surface area contributed by atoms with E-state index in [1.165, 1.54) is 31.9 Å². The van der Waals surface area contributed by atoms with E-state index in [0.717, 1.165) is 0 Å². The molecule has 0 spiro atoms. The number of rotatable bonds is 10. The summed E-state index contributed by atoms with van der Waals surface area (Å²) < 4.78 is 52.5. The lowest BCUT2D eigenvalue weighted by molar-refractivity contribution is -0.142. The van der Waals surface area contributed by atoms with Crippen molar-refractivity contribution in [2.75, 3.05) is 26.1 Å². The number of esters is 1. The molecule has 0 amide bonds. The molecule has 1 fully saturated rings. The molecule has 4 rings (SSSR count). The number of fused-ring (bicyclic) bond motifs is 1. The number of hydrogen-bond acceptors (Lipinski definition) is 11. The van der Waals surface area contributed by atoms with Crippen LogP contribution in [-0.2, 0) is 23.4 Å². The van der Waals surface area contributed by atoms with Crippen LogP contribution >= 0.6 is 7.75 Å². The molecule has 1 aliphatic heterocycles. The van der Waals surface area contributed by atoms with Crippen LogP contribution in [0.5, 0.6) is 5.75 Å².